The molecule has 5 rings (SSSR count). The van der Waals surface area contributed by atoms with Crippen LogP contribution in [-0.4, -0.2) is 82.7 Å². The average Bonchev–Trinajstić information content (AvgIpc) is 3.12. The minimum Gasteiger partial charge on any atom is -0.469 e. The standard InChI is InChI=1S/C26H42O11/c1-17-5-6-20-18(2)23(34-24-26(20)19(17)9-10-25(3,35-24)36-37-26)33-16-14-31-12-11-30-13-15-32-22(28)8-7-21(27)29-4/h17-20,23-24H,5-16H2,1-4H3/t17-,18-,19+,20+,23+,24-,25+,26-/m1/s1. The Morgan fingerprint density at radius 3 is 2.32 bits per heavy atom. The molecule has 212 valence electrons. The van der Waals surface area contributed by atoms with Crippen LogP contribution in [0.2, 0.25) is 0 Å². The maximum atomic E-state index is 11.5. The first-order valence-electron chi connectivity index (χ1n) is 13.5. The SMILES string of the molecule is COC(=O)CCC(=O)OCCOCCOCCO[C@H]1O[C@@H]2O[C@]3(C)CC[C@H]4[C@H](C)CC[C@@H]([C@H]1C)[C@@]24OO3. The van der Waals surface area contributed by atoms with Crippen LogP contribution in [0, 0.1) is 23.7 Å². The fourth-order valence-electron chi connectivity index (χ4n) is 6.20. The summed E-state index contributed by atoms with van der Waals surface area (Å²) in [6, 6.07) is 0. The van der Waals surface area contributed by atoms with Gasteiger partial charge in [-0.15, -0.1) is 0 Å². The number of methoxy groups -OCH3 is 1. The quantitative estimate of drug-likeness (QED) is 0.199. The predicted octanol–water partition coefficient (Wildman–Crippen LogP) is 2.74. The van der Waals surface area contributed by atoms with Crippen molar-refractivity contribution < 1.29 is 52.5 Å². The molecular weight excluding hydrogens is 488 g/mol. The van der Waals surface area contributed by atoms with Gasteiger partial charge in [0.25, 0.3) is 0 Å². The van der Waals surface area contributed by atoms with Gasteiger partial charge in [-0.25, -0.2) is 9.78 Å². The monoisotopic (exact) mass is 530 g/mol. The average molecular weight is 531 g/mol. The molecule has 4 heterocycles. The molecule has 0 radical (unpaired) electrons. The van der Waals surface area contributed by atoms with Gasteiger partial charge >= 0.3 is 11.9 Å². The van der Waals surface area contributed by atoms with Crippen molar-refractivity contribution in [1.82, 2.24) is 0 Å². The fraction of sp³-hybridized carbons (Fsp3) is 0.923. The van der Waals surface area contributed by atoms with Gasteiger partial charge in [-0.05, 0) is 38.0 Å². The Morgan fingerprint density at radius 1 is 0.865 bits per heavy atom. The van der Waals surface area contributed by atoms with Crippen LogP contribution in [0.15, 0.2) is 0 Å². The number of ether oxygens (including phenoxy) is 7. The van der Waals surface area contributed by atoms with E-state index in [4.69, 9.17) is 38.2 Å². The van der Waals surface area contributed by atoms with Gasteiger partial charge in [0.15, 0.2) is 18.2 Å². The van der Waals surface area contributed by atoms with Crippen LogP contribution in [0.25, 0.3) is 0 Å². The van der Waals surface area contributed by atoms with E-state index in [1.165, 1.54) is 7.11 Å². The Morgan fingerprint density at radius 2 is 1.57 bits per heavy atom. The molecule has 0 unspecified atom stereocenters. The maximum absolute atomic E-state index is 11.5. The van der Waals surface area contributed by atoms with Crippen molar-refractivity contribution in [2.75, 3.05) is 46.8 Å². The zero-order valence-electron chi connectivity index (χ0n) is 22.4. The molecule has 1 spiro atoms. The first-order valence-corrected chi connectivity index (χ1v) is 13.5. The number of esters is 2. The summed E-state index contributed by atoms with van der Waals surface area (Å²) in [6.07, 6.45) is 3.03. The van der Waals surface area contributed by atoms with E-state index < -0.39 is 35.9 Å². The third-order valence-corrected chi connectivity index (χ3v) is 8.23. The molecule has 1 aliphatic carbocycles. The number of hydrogen-bond acceptors (Lipinski definition) is 11. The lowest BCUT2D eigenvalue weighted by molar-refractivity contribution is -0.577. The third-order valence-electron chi connectivity index (χ3n) is 8.23. The lowest BCUT2D eigenvalue weighted by Crippen LogP contribution is -2.70. The van der Waals surface area contributed by atoms with Gasteiger partial charge in [0.2, 0.25) is 5.79 Å². The highest BCUT2D eigenvalue weighted by molar-refractivity contribution is 5.77. The van der Waals surface area contributed by atoms with Crippen LogP contribution in [0.3, 0.4) is 0 Å². The van der Waals surface area contributed by atoms with Crippen molar-refractivity contribution in [3.63, 3.8) is 0 Å². The molecule has 0 N–H and O–H groups in total. The molecule has 5 aliphatic rings. The first kappa shape index (κ1) is 28.7. The van der Waals surface area contributed by atoms with Gasteiger partial charge < -0.3 is 33.2 Å². The van der Waals surface area contributed by atoms with Gasteiger partial charge in [-0.2, -0.15) is 0 Å². The van der Waals surface area contributed by atoms with E-state index in [9.17, 15) is 9.59 Å². The van der Waals surface area contributed by atoms with E-state index in [-0.39, 0.29) is 37.9 Å². The molecule has 0 aromatic heterocycles. The van der Waals surface area contributed by atoms with E-state index in [1.54, 1.807) is 0 Å². The summed E-state index contributed by atoms with van der Waals surface area (Å²) in [4.78, 5) is 34.5. The van der Waals surface area contributed by atoms with Gasteiger partial charge in [-0.1, -0.05) is 13.8 Å². The van der Waals surface area contributed by atoms with Gasteiger partial charge in [-0.3, -0.25) is 9.59 Å². The van der Waals surface area contributed by atoms with Crippen molar-refractivity contribution in [2.45, 2.75) is 83.3 Å². The molecule has 1 saturated carbocycles. The summed E-state index contributed by atoms with van der Waals surface area (Å²) >= 11 is 0. The minimum absolute atomic E-state index is 0.00641. The zero-order valence-corrected chi connectivity index (χ0v) is 22.4. The summed E-state index contributed by atoms with van der Waals surface area (Å²) in [5.74, 6) is -0.496. The number of carbonyl (C=O) groups is 2. The molecule has 8 atom stereocenters. The van der Waals surface area contributed by atoms with E-state index in [1.807, 2.05) is 6.92 Å². The minimum atomic E-state index is -0.798. The van der Waals surface area contributed by atoms with E-state index in [2.05, 4.69) is 18.6 Å². The summed E-state index contributed by atoms with van der Waals surface area (Å²) in [7, 11) is 1.28. The first-order chi connectivity index (χ1) is 17.8. The lowest BCUT2D eigenvalue weighted by Gasteiger charge is -2.60. The van der Waals surface area contributed by atoms with E-state index in [0.29, 0.717) is 38.3 Å². The summed E-state index contributed by atoms with van der Waals surface area (Å²) < 4.78 is 39.3. The van der Waals surface area contributed by atoms with Crippen molar-refractivity contribution in [2.24, 2.45) is 23.7 Å². The van der Waals surface area contributed by atoms with Crippen molar-refractivity contribution >= 4 is 11.9 Å². The molecule has 4 aliphatic heterocycles. The molecule has 11 nitrogen and oxygen atoms in total. The van der Waals surface area contributed by atoms with Gasteiger partial charge in [0.05, 0.1) is 53.0 Å². The molecule has 11 heteroatoms. The largest absolute Gasteiger partial charge is 0.469 e. The molecular formula is C26H42O11. The fourth-order valence-corrected chi connectivity index (χ4v) is 6.20. The second-order valence-electron chi connectivity index (χ2n) is 10.7. The Bertz CT molecular complexity index is 778. The number of fused-ring (bicyclic) bond motifs is 2. The maximum Gasteiger partial charge on any atom is 0.306 e. The normalized spacial score (nSPS) is 38.5. The Balaban J connectivity index is 1.12. The predicted molar refractivity (Wildman–Crippen MR) is 127 cm³/mol. The molecule has 0 aromatic carbocycles. The molecule has 37 heavy (non-hydrogen) atoms. The topological polar surface area (TPSA) is 117 Å². The smallest absolute Gasteiger partial charge is 0.306 e. The van der Waals surface area contributed by atoms with Crippen LogP contribution in [0.1, 0.15) is 59.3 Å². The van der Waals surface area contributed by atoms with Gasteiger partial charge in [0.1, 0.15) is 6.61 Å². The van der Waals surface area contributed by atoms with E-state index >= 15 is 0 Å². The Labute approximate surface area is 218 Å². The second kappa shape index (κ2) is 12.7. The molecule has 4 saturated heterocycles. The Hall–Kier alpha value is -1.34. The summed E-state index contributed by atoms with van der Waals surface area (Å²) in [5.41, 5.74) is -0.587. The van der Waals surface area contributed by atoms with Crippen molar-refractivity contribution in [3.05, 3.63) is 0 Å². The highest BCUT2D eigenvalue weighted by Gasteiger charge is 2.69. The highest BCUT2D eigenvalue weighted by Crippen LogP contribution is 2.60. The lowest BCUT2D eigenvalue weighted by atomic mass is 9.58. The van der Waals surface area contributed by atoms with Gasteiger partial charge in [0, 0.05) is 18.3 Å². The molecule has 0 aromatic rings. The van der Waals surface area contributed by atoms with Crippen LogP contribution < -0.4 is 0 Å². The highest BCUT2D eigenvalue weighted by atomic mass is 17.3. The number of carbonyl (C=O) groups excluding carboxylic acids is 2. The van der Waals surface area contributed by atoms with Crippen LogP contribution >= 0.6 is 0 Å². The third kappa shape index (κ3) is 6.46. The number of rotatable bonds is 13. The summed E-state index contributed by atoms with van der Waals surface area (Å²) in [6.45, 7) is 8.29. The van der Waals surface area contributed by atoms with Crippen LogP contribution in [0.4, 0.5) is 0 Å². The van der Waals surface area contributed by atoms with Crippen LogP contribution in [-0.2, 0) is 52.5 Å². The van der Waals surface area contributed by atoms with Crippen LogP contribution in [0.5, 0.6) is 0 Å². The summed E-state index contributed by atoms with van der Waals surface area (Å²) in [5, 5.41) is 0. The zero-order chi connectivity index (χ0) is 26.5. The van der Waals surface area contributed by atoms with Crippen molar-refractivity contribution in [3.8, 4) is 0 Å². The van der Waals surface area contributed by atoms with Crippen molar-refractivity contribution in [1.29, 1.82) is 0 Å². The second-order valence-corrected chi connectivity index (χ2v) is 10.7. The number of hydrogen-bond donors (Lipinski definition) is 0. The van der Waals surface area contributed by atoms with E-state index in [0.717, 1.165) is 25.7 Å². The molecule has 5 fully saturated rings. The Kier molecular flexibility index (Phi) is 9.82. The molecule has 2 bridgehead atoms. The molecule has 0 amide bonds.